The Bertz CT molecular complexity index is 564. The third-order valence-electron chi connectivity index (χ3n) is 2.90. The number of aromatic amines is 1. The molecule has 1 fully saturated rings. The second-order valence-corrected chi connectivity index (χ2v) is 4.26. The molecule has 2 rings (SSSR count). The minimum absolute atomic E-state index is 0.257. The van der Waals surface area contributed by atoms with Crippen molar-refractivity contribution in [1.29, 1.82) is 0 Å². The van der Waals surface area contributed by atoms with Crippen LogP contribution < -0.4 is 11.2 Å². The Morgan fingerprint density at radius 1 is 1.67 bits per heavy atom. The molecule has 0 aromatic carbocycles. The number of aromatic nitrogens is 2. The van der Waals surface area contributed by atoms with Crippen LogP contribution in [0.15, 0.2) is 15.8 Å². The summed E-state index contributed by atoms with van der Waals surface area (Å²) in [5, 5.41) is 18.2. The summed E-state index contributed by atoms with van der Waals surface area (Å²) in [5.74, 6) is -2.71. The molecule has 0 saturated carbocycles. The molecule has 100 valence electrons. The summed E-state index contributed by atoms with van der Waals surface area (Å²) >= 11 is 0. The van der Waals surface area contributed by atoms with Crippen LogP contribution >= 0.6 is 0 Å². The average Bonchev–Trinajstić information content (AvgIpc) is 2.58. The van der Waals surface area contributed by atoms with E-state index < -0.39 is 42.5 Å². The van der Waals surface area contributed by atoms with Crippen molar-refractivity contribution in [1.82, 2.24) is 9.55 Å². The van der Waals surface area contributed by atoms with Crippen LogP contribution in [0.4, 0.5) is 4.39 Å². The first-order chi connectivity index (χ1) is 8.35. The molecule has 0 unspecified atom stereocenters. The van der Waals surface area contributed by atoms with Gasteiger partial charge >= 0.3 is 5.69 Å². The molecule has 0 amide bonds. The molecule has 0 aliphatic carbocycles. The van der Waals surface area contributed by atoms with Gasteiger partial charge in [0.1, 0.15) is 12.3 Å². The molecule has 7 nitrogen and oxygen atoms in total. The SMILES string of the molecule is Cc1cn([C@H]2C[C@@](O)(F)[C@@H](CO)O2)c(=O)[nH]c1=O. The number of hydrogen-bond acceptors (Lipinski definition) is 5. The van der Waals surface area contributed by atoms with Gasteiger partial charge in [-0.15, -0.1) is 0 Å². The van der Waals surface area contributed by atoms with Crippen LogP contribution in [-0.2, 0) is 4.74 Å². The zero-order valence-corrected chi connectivity index (χ0v) is 9.59. The van der Waals surface area contributed by atoms with Gasteiger partial charge in [0.15, 0.2) is 0 Å². The molecule has 8 heteroatoms. The van der Waals surface area contributed by atoms with Gasteiger partial charge in [-0.05, 0) is 6.92 Å². The number of aryl methyl sites for hydroxylation is 1. The zero-order valence-electron chi connectivity index (χ0n) is 9.59. The molecule has 3 N–H and O–H groups in total. The van der Waals surface area contributed by atoms with E-state index in [2.05, 4.69) is 0 Å². The van der Waals surface area contributed by atoms with Crippen molar-refractivity contribution < 1.29 is 19.3 Å². The van der Waals surface area contributed by atoms with E-state index in [1.807, 2.05) is 4.98 Å². The largest absolute Gasteiger partial charge is 0.393 e. The fraction of sp³-hybridized carbons (Fsp3) is 0.600. The van der Waals surface area contributed by atoms with Crippen LogP contribution in [0.5, 0.6) is 0 Å². The van der Waals surface area contributed by atoms with Gasteiger partial charge in [-0.2, -0.15) is 0 Å². The van der Waals surface area contributed by atoms with E-state index in [-0.39, 0.29) is 5.56 Å². The number of rotatable bonds is 2. The van der Waals surface area contributed by atoms with Gasteiger partial charge in [0.05, 0.1) is 13.0 Å². The molecule has 1 saturated heterocycles. The van der Waals surface area contributed by atoms with Crippen LogP contribution in [-0.4, -0.2) is 38.3 Å². The lowest BCUT2D eigenvalue weighted by atomic mass is 10.1. The molecule has 1 aliphatic rings. The molecule has 18 heavy (non-hydrogen) atoms. The number of hydrogen-bond donors (Lipinski definition) is 3. The van der Waals surface area contributed by atoms with Gasteiger partial charge in [0.2, 0.25) is 5.85 Å². The molecule has 0 bridgehead atoms. The van der Waals surface area contributed by atoms with E-state index in [1.54, 1.807) is 0 Å². The lowest BCUT2D eigenvalue weighted by molar-refractivity contribution is -0.150. The van der Waals surface area contributed by atoms with E-state index in [9.17, 15) is 19.1 Å². The Kier molecular flexibility index (Phi) is 3.09. The van der Waals surface area contributed by atoms with Crippen molar-refractivity contribution in [3.8, 4) is 0 Å². The number of alkyl halides is 1. The first-order valence-electron chi connectivity index (χ1n) is 5.35. The highest BCUT2D eigenvalue weighted by atomic mass is 19.2. The second-order valence-electron chi connectivity index (χ2n) is 4.26. The van der Waals surface area contributed by atoms with E-state index in [1.165, 1.54) is 13.1 Å². The highest BCUT2D eigenvalue weighted by Gasteiger charge is 2.48. The molecular weight excluding hydrogens is 247 g/mol. The second kappa shape index (κ2) is 4.30. The number of ether oxygens (including phenoxy) is 1. The number of aliphatic hydroxyl groups is 2. The number of H-pyrrole nitrogens is 1. The van der Waals surface area contributed by atoms with Crippen molar-refractivity contribution in [3.63, 3.8) is 0 Å². The molecule has 3 atom stereocenters. The van der Waals surface area contributed by atoms with Crippen LogP contribution in [0.25, 0.3) is 0 Å². The third-order valence-corrected chi connectivity index (χ3v) is 2.90. The minimum Gasteiger partial charge on any atom is -0.393 e. The zero-order chi connectivity index (χ0) is 13.5. The summed E-state index contributed by atoms with van der Waals surface area (Å²) in [6, 6.07) is 0. The number of nitrogens with zero attached hydrogens (tertiary/aromatic N) is 1. The summed E-state index contributed by atoms with van der Waals surface area (Å²) in [4.78, 5) is 24.8. The Morgan fingerprint density at radius 3 is 2.89 bits per heavy atom. The summed E-state index contributed by atoms with van der Waals surface area (Å²) in [6.07, 6.45) is -1.76. The Hall–Kier alpha value is -1.51. The van der Waals surface area contributed by atoms with Crippen molar-refractivity contribution in [2.75, 3.05) is 6.61 Å². The first-order valence-corrected chi connectivity index (χ1v) is 5.35. The normalized spacial score (nSPS) is 31.8. The predicted octanol–water partition coefficient (Wildman–Crippen LogP) is -1.22. The van der Waals surface area contributed by atoms with Crippen molar-refractivity contribution in [3.05, 3.63) is 32.6 Å². The Balaban J connectivity index is 2.38. The predicted molar refractivity (Wildman–Crippen MR) is 57.7 cm³/mol. The Morgan fingerprint density at radius 2 is 2.33 bits per heavy atom. The van der Waals surface area contributed by atoms with Crippen LogP contribution in [0.2, 0.25) is 0 Å². The van der Waals surface area contributed by atoms with Gasteiger partial charge in [-0.3, -0.25) is 14.3 Å². The van der Waals surface area contributed by atoms with Gasteiger partial charge in [-0.25, -0.2) is 9.18 Å². The van der Waals surface area contributed by atoms with E-state index >= 15 is 0 Å². The minimum atomic E-state index is -2.71. The monoisotopic (exact) mass is 260 g/mol. The van der Waals surface area contributed by atoms with Crippen molar-refractivity contribution in [2.24, 2.45) is 0 Å². The maximum Gasteiger partial charge on any atom is 0.330 e. The molecular formula is C10H13FN2O5. The summed E-state index contributed by atoms with van der Waals surface area (Å²) in [7, 11) is 0. The first kappa shape index (κ1) is 12.9. The van der Waals surface area contributed by atoms with Gasteiger partial charge in [0, 0.05) is 11.8 Å². The average molecular weight is 260 g/mol. The highest BCUT2D eigenvalue weighted by molar-refractivity contribution is 5.02. The fourth-order valence-corrected chi connectivity index (χ4v) is 1.87. The number of halogens is 1. The van der Waals surface area contributed by atoms with E-state index in [0.717, 1.165) is 4.57 Å². The number of nitrogens with one attached hydrogen (secondary N) is 1. The van der Waals surface area contributed by atoms with Gasteiger partial charge in [-0.1, -0.05) is 0 Å². The smallest absolute Gasteiger partial charge is 0.330 e. The van der Waals surface area contributed by atoms with Gasteiger partial charge in [0.25, 0.3) is 5.56 Å². The molecule has 1 aromatic rings. The Labute approximate surface area is 100 Å². The van der Waals surface area contributed by atoms with Crippen molar-refractivity contribution in [2.45, 2.75) is 31.5 Å². The molecule has 0 spiro atoms. The standard InChI is InChI=1S/C10H13FN2O5/c1-5-3-13(9(16)12-8(5)15)7-2-10(11,17)6(4-14)18-7/h3,6-7,14,17H,2,4H2,1H3,(H,12,15,16)/t6-,7-,10+/m1/s1. The van der Waals surface area contributed by atoms with Crippen LogP contribution in [0, 0.1) is 6.92 Å². The lowest BCUT2D eigenvalue weighted by Crippen LogP contribution is -2.35. The fourth-order valence-electron chi connectivity index (χ4n) is 1.87. The summed E-state index contributed by atoms with van der Waals surface area (Å²) in [5.41, 5.74) is -1.04. The third kappa shape index (κ3) is 2.09. The van der Waals surface area contributed by atoms with Crippen molar-refractivity contribution >= 4 is 0 Å². The molecule has 1 aromatic heterocycles. The molecule has 0 radical (unpaired) electrons. The van der Waals surface area contributed by atoms with E-state index in [0.29, 0.717) is 0 Å². The topological polar surface area (TPSA) is 105 Å². The van der Waals surface area contributed by atoms with E-state index in [4.69, 9.17) is 9.84 Å². The lowest BCUT2D eigenvalue weighted by Gasteiger charge is -2.16. The quantitative estimate of drug-likeness (QED) is 0.618. The maximum absolute atomic E-state index is 13.6. The maximum atomic E-state index is 13.6. The van der Waals surface area contributed by atoms with Crippen LogP contribution in [0.3, 0.4) is 0 Å². The summed E-state index contributed by atoms with van der Waals surface area (Å²) < 4.78 is 19.6. The number of aliphatic hydroxyl groups excluding tert-OH is 1. The highest BCUT2D eigenvalue weighted by Crippen LogP contribution is 2.36. The van der Waals surface area contributed by atoms with Gasteiger partial charge < -0.3 is 14.9 Å². The molecule has 2 heterocycles. The van der Waals surface area contributed by atoms with Crippen LogP contribution in [0.1, 0.15) is 18.2 Å². The summed E-state index contributed by atoms with van der Waals surface area (Å²) in [6.45, 7) is 0.773. The molecule has 1 aliphatic heterocycles.